The van der Waals surface area contributed by atoms with Gasteiger partial charge in [0.15, 0.2) is 11.6 Å². The second kappa shape index (κ2) is 4.56. The maximum absolute atomic E-state index is 11.4. The van der Waals surface area contributed by atoms with E-state index in [1.54, 1.807) is 12.1 Å². The van der Waals surface area contributed by atoms with Crippen LogP contribution in [0.5, 0.6) is 0 Å². The van der Waals surface area contributed by atoms with Crippen LogP contribution in [0.15, 0.2) is 24.3 Å². The van der Waals surface area contributed by atoms with Gasteiger partial charge in [-0.1, -0.05) is 24.3 Å². The highest BCUT2D eigenvalue weighted by molar-refractivity contribution is 5.97. The maximum atomic E-state index is 11.4. The molecule has 4 heteroatoms. The minimum atomic E-state index is -0.531. The number of carbonyl (C=O) groups is 1. The topological polar surface area (TPSA) is 61.5 Å². The second-order valence-electron chi connectivity index (χ2n) is 4.57. The summed E-state index contributed by atoms with van der Waals surface area (Å²) in [6.07, 6.45) is -0.0629. The molecule has 4 nitrogen and oxygen atoms in total. The molecule has 1 fully saturated rings. The number of Topliss-reactive ketones (excluding diaryl/α,β-unsaturated/α-hetero) is 1. The summed E-state index contributed by atoms with van der Waals surface area (Å²) in [4.78, 5) is 11.4. The summed E-state index contributed by atoms with van der Waals surface area (Å²) >= 11 is 0. The summed E-state index contributed by atoms with van der Waals surface area (Å²) in [7, 11) is 0. The molecule has 1 unspecified atom stereocenters. The molecule has 0 saturated carbocycles. The highest BCUT2D eigenvalue weighted by Crippen LogP contribution is 2.32. The number of benzene rings is 1. The molecule has 1 aromatic rings. The van der Waals surface area contributed by atoms with E-state index in [-0.39, 0.29) is 18.4 Å². The van der Waals surface area contributed by atoms with Gasteiger partial charge in [0.25, 0.3) is 0 Å². The zero-order valence-corrected chi connectivity index (χ0v) is 10.1. The van der Waals surface area contributed by atoms with E-state index < -0.39 is 5.79 Å². The molecule has 1 aromatic carbocycles. The fourth-order valence-corrected chi connectivity index (χ4v) is 1.85. The third-order valence-corrected chi connectivity index (χ3v) is 2.80. The standard InChI is InChI=1S/C13H17NO3/c1-13(2)16-8-12(17-13)10-5-3-9(4-6-10)11(15)7-14/h3-6,12H,7-8,14H2,1-2H3. The van der Waals surface area contributed by atoms with Crippen molar-refractivity contribution in [1.29, 1.82) is 0 Å². The van der Waals surface area contributed by atoms with Gasteiger partial charge in [0.05, 0.1) is 13.2 Å². The SMILES string of the molecule is CC1(C)OCC(c2ccc(C(=O)CN)cc2)O1. The smallest absolute Gasteiger partial charge is 0.176 e. The number of rotatable bonds is 3. The van der Waals surface area contributed by atoms with Crippen molar-refractivity contribution in [3.8, 4) is 0 Å². The molecule has 1 heterocycles. The fourth-order valence-electron chi connectivity index (χ4n) is 1.85. The Kier molecular flexibility index (Phi) is 3.28. The van der Waals surface area contributed by atoms with Gasteiger partial charge in [0.2, 0.25) is 0 Å². The van der Waals surface area contributed by atoms with Gasteiger partial charge < -0.3 is 15.2 Å². The van der Waals surface area contributed by atoms with E-state index in [1.807, 2.05) is 26.0 Å². The fraction of sp³-hybridized carbons (Fsp3) is 0.462. The predicted molar refractivity (Wildman–Crippen MR) is 63.7 cm³/mol. The van der Waals surface area contributed by atoms with Crippen LogP contribution in [-0.2, 0) is 9.47 Å². The molecule has 0 spiro atoms. The number of hydrogen-bond donors (Lipinski definition) is 1. The zero-order valence-electron chi connectivity index (χ0n) is 10.1. The molecule has 0 radical (unpaired) electrons. The Balaban J connectivity index is 2.11. The van der Waals surface area contributed by atoms with Crippen molar-refractivity contribution < 1.29 is 14.3 Å². The van der Waals surface area contributed by atoms with Gasteiger partial charge in [0.1, 0.15) is 6.10 Å². The average Bonchev–Trinajstić information content (AvgIpc) is 2.69. The van der Waals surface area contributed by atoms with Gasteiger partial charge in [-0.2, -0.15) is 0 Å². The Morgan fingerprint density at radius 2 is 2.06 bits per heavy atom. The normalized spacial score (nSPS) is 22.6. The molecule has 1 atom stereocenters. The first-order valence-corrected chi connectivity index (χ1v) is 5.67. The summed E-state index contributed by atoms with van der Waals surface area (Å²) in [5, 5.41) is 0. The van der Waals surface area contributed by atoms with Crippen LogP contribution >= 0.6 is 0 Å². The van der Waals surface area contributed by atoms with Crippen LogP contribution < -0.4 is 5.73 Å². The molecule has 2 rings (SSSR count). The average molecular weight is 235 g/mol. The lowest BCUT2D eigenvalue weighted by atomic mass is 10.1. The second-order valence-corrected chi connectivity index (χ2v) is 4.57. The van der Waals surface area contributed by atoms with Crippen molar-refractivity contribution in [2.45, 2.75) is 25.7 Å². The van der Waals surface area contributed by atoms with E-state index in [0.717, 1.165) is 5.56 Å². The van der Waals surface area contributed by atoms with E-state index in [1.165, 1.54) is 0 Å². The molecular formula is C13H17NO3. The van der Waals surface area contributed by atoms with Crippen LogP contribution in [0, 0.1) is 0 Å². The lowest BCUT2D eigenvalue weighted by Crippen LogP contribution is -2.19. The lowest BCUT2D eigenvalue weighted by molar-refractivity contribution is -0.139. The number of hydrogen-bond acceptors (Lipinski definition) is 4. The molecule has 17 heavy (non-hydrogen) atoms. The molecule has 1 aliphatic rings. The molecule has 0 bridgehead atoms. The number of nitrogens with two attached hydrogens (primary N) is 1. The van der Waals surface area contributed by atoms with Gasteiger partial charge >= 0.3 is 0 Å². The van der Waals surface area contributed by atoms with Crippen molar-refractivity contribution in [2.75, 3.05) is 13.2 Å². The zero-order chi connectivity index (χ0) is 12.5. The van der Waals surface area contributed by atoms with Gasteiger partial charge in [-0.25, -0.2) is 0 Å². The van der Waals surface area contributed by atoms with Gasteiger partial charge in [-0.15, -0.1) is 0 Å². The lowest BCUT2D eigenvalue weighted by Gasteiger charge is -2.17. The first-order chi connectivity index (χ1) is 8.02. The Labute approximate surface area is 101 Å². The molecule has 1 aliphatic heterocycles. The quantitative estimate of drug-likeness (QED) is 0.809. The largest absolute Gasteiger partial charge is 0.347 e. The third kappa shape index (κ3) is 2.72. The summed E-state index contributed by atoms with van der Waals surface area (Å²) in [6.45, 7) is 4.35. The number of ketones is 1. The molecular weight excluding hydrogens is 218 g/mol. The highest BCUT2D eigenvalue weighted by Gasteiger charge is 2.33. The number of carbonyl (C=O) groups excluding carboxylic acids is 1. The van der Waals surface area contributed by atoms with Crippen molar-refractivity contribution >= 4 is 5.78 Å². The van der Waals surface area contributed by atoms with Crippen LogP contribution in [0.25, 0.3) is 0 Å². The molecule has 0 aromatic heterocycles. The van der Waals surface area contributed by atoms with E-state index >= 15 is 0 Å². The van der Waals surface area contributed by atoms with Gasteiger partial charge in [-0.05, 0) is 19.4 Å². The third-order valence-electron chi connectivity index (χ3n) is 2.80. The maximum Gasteiger partial charge on any atom is 0.176 e. The Hall–Kier alpha value is -1.23. The molecule has 2 N–H and O–H groups in total. The van der Waals surface area contributed by atoms with Crippen LogP contribution in [0.1, 0.15) is 35.9 Å². The molecule has 1 saturated heterocycles. The Morgan fingerprint density at radius 1 is 1.41 bits per heavy atom. The van der Waals surface area contributed by atoms with Crippen LogP contribution in [-0.4, -0.2) is 24.7 Å². The molecule has 0 amide bonds. The van der Waals surface area contributed by atoms with Gasteiger partial charge in [-0.3, -0.25) is 4.79 Å². The van der Waals surface area contributed by atoms with E-state index in [0.29, 0.717) is 12.2 Å². The Morgan fingerprint density at radius 3 is 2.53 bits per heavy atom. The highest BCUT2D eigenvalue weighted by atomic mass is 16.7. The van der Waals surface area contributed by atoms with Crippen molar-refractivity contribution in [1.82, 2.24) is 0 Å². The number of ether oxygens (including phenoxy) is 2. The monoisotopic (exact) mass is 235 g/mol. The van der Waals surface area contributed by atoms with E-state index in [2.05, 4.69) is 0 Å². The van der Waals surface area contributed by atoms with Crippen molar-refractivity contribution in [2.24, 2.45) is 5.73 Å². The summed E-state index contributed by atoms with van der Waals surface area (Å²) in [6, 6.07) is 7.33. The molecule has 92 valence electrons. The first-order valence-electron chi connectivity index (χ1n) is 5.67. The van der Waals surface area contributed by atoms with Crippen LogP contribution in [0.4, 0.5) is 0 Å². The van der Waals surface area contributed by atoms with Crippen LogP contribution in [0.3, 0.4) is 0 Å². The van der Waals surface area contributed by atoms with Crippen molar-refractivity contribution in [3.63, 3.8) is 0 Å². The predicted octanol–water partition coefficient (Wildman–Crippen LogP) is 1.65. The van der Waals surface area contributed by atoms with E-state index in [4.69, 9.17) is 15.2 Å². The van der Waals surface area contributed by atoms with Crippen molar-refractivity contribution in [3.05, 3.63) is 35.4 Å². The summed E-state index contributed by atoms with van der Waals surface area (Å²) in [5.74, 6) is -0.586. The van der Waals surface area contributed by atoms with E-state index in [9.17, 15) is 4.79 Å². The first kappa shape index (κ1) is 12.2. The minimum Gasteiger partial charge on any atom is -0.347 e. The summed E-state index contributed by atoms with van der Waals surface area (Å²) < 4.78 is 11.2. The minimum absolute atomic E-state index is 0.0371. The summed E-state index contributed by atoms with van der Waals surface area (Å²) in [5.41, 5.74) is 6.96. The van der Waals surface area contributed by atoms with Gasteiger partial charge in [0, 0.05) is 5.56 Å². The Bertz CT molecular complexity index is 411. The van der Waals surface area contributed by atoms with Crippen LogP contribution in [0.2, 0.25) is 0 Å². The molecule has 0 aliphatic carbocycles.